The number of hydrogen-bond donors (Lipinski definition) is 2. The van der Waals surface area contributed by atoms with Gasteiger partial charge in [0.25, 0.3) is 0 Å². The first kappa shape index (κ1) is 27.7. The highest BCUT2D eigenvalue weighted by Gasteiger charge is 2.16. The Hall–Kier alpha value is -5.48. The summed E-state index contributed by atoms with van der Waals surface area (Å²) in [7, 11) is 3.19. The first-order chi connectivity index (χ1) is 21.0. The Kier molecular flexibility index (Phi) is 7.84. The lowest BCUT2D eigenvalue weighted by Crippen LogP contribution is -2.05. The molecule has 0 fully saturated rings. The first-order valence-corrected chi connectivity index (χ1v) is 13.6. The average molecular weight is 576 g/mol. The van der Waals surface area contributed by atoms with Crippen molar-refractivity contribution in [2.45, 2.75) is 6.92 Å². The minimum Gasteiger partial charge on any atom is -0.506 e. The van der Waals surface area contributed by atoms with Gasteiger partial charge in [0, 0.05) is 36.8 Å². The van der Waals surface area contributed by atoms with Crippen LogP contribution in [0, 0.1) is 6.92 Å². The zero-order valence-electron chi connectivity index (χ0n) is 23.9. The highest BCUT2D eigenvalue weighted by Crippen LogP contribution is 2.39. The van der Waals surface area contributed by atoms with Gasteiger partial charge in [-0.2, -0.15) is 0 Å². The number of rotatable bonds is 10. The van der Waals surface area contributed by atoms with E-state index in [4.69, 9.17) is 18.9 Å². The van der Waals surface area contributed by atoms with Gasteiger partial charge in [-0.05, 0) is 48.9 Å². The number of aryl methyl sites for hydroxylation is 1. The molecular formula is C33H29N5O5. The van der Waals surface area contributed by atoms with Crippen LogP contribution in [0.15, 0.2) is 85.5 Å². The third-order valence-corrected chi connectivity index (χ3v) is 6.88. The quantitative estimate of drug-likeness (QED) is 0.168. The van der Waals surface area contributed by atoms with E-state index in [-0.39, 0.29) is 5.75 Å². The molecule has 3 aromatic carbocycles. The van der Waals surface area contributed by atoms with Crippen molar-refractivity contribution in [2.24, 2.45) is 0 Å². The van der Waals surface area contributed by atoms with E-state index in [0.29, 0.717) is 69.5 Å². The summed E-state index contributed by atoms with van der Waals surface area (Å²) in [4.78, 5) is 17.8. The minimum atomic E-state index is 0.113. The third kappa shape index (κ3) is 5.81. The van der Waals surface area contributed by atoms with Gasteiger partial charge in [0.05, 0.1) is 35.5 Å². The van der Waals surface area contributed by atoms with Crippen LogP contribution in [0.4, 0.5) is 11.5 Å². The summed E-state index contributed by atoms with van der Waals surface area (Å²) in [6, 6.07) is 20.6. The van der Waals surface area contributed by atoms with Gasteiger partial charge in [0.1, 0.15) is 30.3 Å². The predicted octanol–water partition coefficient (Wildman–Crippen LogP) is 6.82. The van der Waals surface area contributed by atoms with E-state index in [0.717, 1.165) is 16.8 Å². The van der Waals surface area contributed by atoms with Crippen LogP contribution in [0.1, 0.15) is 5.56 Å². The van der Waals surface area contributed by atoms with Crippen molar-refractivity contribution in [1.82, 2.24) is 19.9 Å². The Morgan fingerprint density at radius 3 is 2.40 bits per heavy atom. The van der Waals surface area contributed by atoms with Crippen LogP contribution in [-0.4, -0.2) is 52.5 Å². The Morgan fingerprint density at radius 1 is 0.814 bits per heavy atom. The van der Waals surface area contributed by atoms with Crippen LogP contribution < -0.4 is 19.5 Å². The molecule has 0 atom stereocenters. The van der Waals surface area contributed by atoms with E-state index in [2.05, 4.69) is 25.3 Å². The van der Waals surface area contributed by atoms with Gasteiger partial charge in [-0.3, -0.25) is 4.98 Å². The lowest BCUT2D eigenvalue weighted by molar-refractivity contribution is 0.144. The fraction of sp³-hybridized carbons (Fsp3) is 0.152. The van der Waals surface area contributed by atoms with Gasteiger partial charge >= 0.3 is 0 Å². The SMILES string of the molecule is COCCOc1cc2c(Oc3ccc(Nc4nccc5ncc(-c6ccc(C)cc6)c(O)c45)cc3)ncnc2cc1OC. The maximum absolute atomic E-state index is 11.3. The highest BCUT2D eigenvalue weighted by atomic mass is 16.5. The lowest BCUT2D eigenvalue weighted by atomic mass is 10.0. The minimum absolute atomic E-state index is 0.113. The standard InChI is InChI=1S/C33H29N5O5/c1-20-4-6-21(7-5-20)25-18-35-26-12-13-34-32(30(26)31(25)39)38-22-8-10-23(11-9-22)43-33-24-16-29(42-15-14-40-2)28(41-3)17-27(24)36-19-37-33/h4-13,16-19H,14-15H2,1-3H3,(H,34,38)(H,35,39). The number of pyridine rings is 2. The van der Waals surface area contributed by atoms with Crippen LogP contribution >= 0.6 is 0 Å². The first-order valence-electron chi connectivity index (χ1n) is 13.6. The van der Waals surface area contributed by atoms with E-state index in [1.165, 1.54) is 6.33 Å². The molecule has 0 aliphatic carbocycles. The highest BCUT2D eigenvalue weighted by molar-refractivity contribution is 6.00. The summed E-state index contributed by atoms with van der Waals surface area (Å²) in [5, 5.41) is 15.8. The molecule has 6 aromatic rings. The van der Waals surface area contributed by atoms with Crippen molar-refractivity contribution in [3.63, 3.8) is 0 Å². The molecule has 3 aromatic heterocycles. The van der Waals surface area contributed by atoms with E-state index < -0.39 is 0 Å². The second-order valence-electron chi connectivity index (χ2n) is 9.73. The van der Waals surface area contributed by atoms with Crippen molar-refractivity contribution in [3.8, 4) is 40.0 Å². The topological polar surface area (TPSA) is 121 Å². The summed E-state index contributed by atoms with van der Waals surface area (Å²) in [5.74, 6) is 2.64. The van der Waals surface area contributed by atoms with Gasteiger partial charge in [0.2, 0.25) is 5.88 Å². The number of nitrogens with one attached hydrogen (secondary N) is 1. The molecule has 216 valence electrons. The number of aromatic hydroxyl groups is 1. The largest absolute Gasteiger partial charge is 0.506 e. The van der Waals surface area contributed by atoms with Gasteiger partial charge in [0.15, 0.2) is 11.5 Å². The Labute approximate surface area is 247 Å². The summed E-state index contributed by atoms with van der Waals surface area (Å²) in [6.07, 6.45) is 4.78. The number of aromatic nitrogens is 4. The molecule has 0 radical (unpaired) electrons. The molecule has 0 saturated carbocycles. The van der Waals surface area contributed by atoms with Crippen LogP contribution in [0.25, 0.3) is 32.9 Å². The molecule has 0 amide bonds. The maximum atomic E-state index is 11.3. The van der Waals surface area contributed by atoms with E-state index >= 15 is 0 Å². The van der Waals surface area contributed by atoms with Crippen LogP contribution in [0.2, 0.25) is 0 Å². The second kappa shape index (κ2) is 12.2. The molecule has 0 bridgehead atoms. The third-order valence-electron chi connectivity index (χ3n) is 6.88. The molecule has 10 nitrogen and oxygen atoms in total. The molecule has 0 unspecified atom stereocenters. The molecule has 6 rings (SSSR count). The normalized spacial score (nSPS) is 11.0. The molecule has 2 N–H and O–H groups in total. The molecule has 0 aliphatic rings. The molecule has 0 spiro atoms. The Morgan fingerprint density at radius 2 is 1.63 bits per heavy atom. The fourth-order valence-corrected chi connectivity index (χ4v) is 4.65. The number of methoxy groups -OCH3 is 2. The number of hydrogen-bond acceptors (Lipinski definition) is 10. The van der Waals surface area contributed by atoms with E-state index in [1.54, 1.807) is 44.8 Å². The number of nitrogens with zero attached hydrogens (tertiary/aromatic N) is 4. The monoisotopic (exact) mass is 575 g/mol. The van der Waals surface area contributed by atoms with E-state index in [1.807, 2.05) is 55.5 Å². The van der Waals surface area contributed by atoms with Gasteiger partial charge < -0.3 is 29.4 Å². The van der Waals surface area contributed by atoms with Crippen molar-refractivity contribution >= 4 is 33.3 Å². The average Bonchev–Trinajstić information content (AvgIpc) is 3.03. The summed E-state index contributed by atoms with van der Waals surface area (Å²) >= 11 is 0. The Balaban J connectivity index is 1.26. The molecule has 43 heavy (non-hydrogen) atoms. The maximum Gasteiger partial charge on any atom is 0.230 e. The van der Waals surface area contributed by atoms with Crippen LogP contribution in [0.5, 0.6) is 28.9 Å². The summed E-state index contributed by atoms with van der Waals surface area (Å²) < 4.78 is 22.5. The summed E-state index contributed by atoms with van der Waals surface area (Å²) in [6.45, 7) is 2.83. The van der Waals surface area contributed by atoms with Gasteiger partial charge in [-0.1, -0.05) is 29.8 Å². The van der Waals surface area contributed by atoms with E-state index in [9.17, 15) is 5.11 Å². The molecule has 0 aliphatic heterocycles. The zero-order valence-corrected chi connectivity index (χ0v) is 23.9. The van der Waals surface area contributed by atoms with Crippen molar-refractivity contribution in [2.75, 3.05) is 32.8 Å². The van der Waals surface area contributed by atoms with Crippen molar-refractivity contribution in [1.29, 1.82) is 0 Å². The van der Waals surface area contributed by atoms with Crippen molar-refractivity contribution < 1.29 is 24.1 Å². The lowest BCUT2D eigenvalue weighted by Gasteiger charge is -2.14. The molecule has 0 saturated heterocycles. The number of ether oxygens (including phenoxy) is 4. The molecule has 3 heterocycles. The molecular weight excluding hydrogens is 546 g/mol. The smallest absolute Gasteiger partial charge is 0.230 e. The molecule has 10 heteroatoms. The van der Waals surface area contributed by atoms with Gasteiger partial charge in [-0.15, -0.1) is 0 Å². The van der Waals surface area contributed by atoms with Gasteiger partial charge in [-0.25, -0.2) is 15.0 Å². The second-order valence-corrected chi connectivity index (χ2v) is 9.73. The van der Waals surface area contributed by atoms with Crippen LogP contribution in [-0.2, 0) is 4.74 Å². The Bertz CT molecular complexity index is 1900. The zero-order chi connectivity index (χ0) is 29.8. The predicted molar refractivity (Wildman–Crippen MR) is 165 cm³/mol. The van der Waals surface area contributed by atoms with Crippen molar-refractivity contribution in [3.05, 3.63) is 91.0 Å². The number of anilines is 2. The number of fused-ring (bicyclic) bond motifs is 2. The fourth-order valence-electron chi connectivity index (χ4n) is 4.65. The summed E-state index contributed by atoms with van der Waals surface area (Å²) in [5.41, 5.74) is 4.67. The van der Waals surface area contributed by atoms with Crippen LogP contribution in [0.3, 0.4) is 0 Å². The number of benzene rings is 3.